The second-order valence-electron chi connectivity index (χ2n) is 4.16. The normalized spacial score (nSPS) is 11.3. The molecule has 1 heterocycles. The Bertz CT molecular complexity index is 709. The van der Waals surface area contributed by atoms with E-state index in [-0.39, 0.29) is 17.3 Å². The number of sulfonamides is 1. The Kier molecular flexibility index (Phi) is 3.96. The van der Waals surface area contributed by atoms with Crippen LogP contribution in [0.3, 0.4) is 0 Å². The van der Waals surface area contributed by atoms with Gasteiger partial charge in [-0.25, -0.2) is 8.42 Å². The topological polar surface area (TPSA) is 99.2 Å². The molecule has 0 saturated carbocycles. The summed E-state index contributed by atoms with van der Waals surface area (Å²) in [6, 6.07) is 6.10. The maximum atomic E-state index is 12.2. The SMILES string of the molecule is COc1ccc(S(=O)(=O)Nc2ccn(C)n2)cc1CN. The molecule has 0 saturated heterocycles. The highest BCUT2D eigenvalue weighted by Crippen LogP contribution is 2.23. The largest absolute Gasteiger partial charge is 0.496 e. The summed E-state index contributed by atoms with van der Waals surface area (Å²) >= 11 is 0. The highest BCUT2D eigenvalue weighted by molar-refractivity contribution is 7.92. The maximum absolute atomic E-state index is 12.2. The lowest BCUT2D eigenvalue weighted by Crippen LogP contribution is -2.14. The molecule has 3 N–H and O–H groups in total. The van der Waals surface area contributed by atoms with Crippen molar-refractivity contribution in [2.24, 2.45) is 12.8 Å². The zero-order valence-corrected chi connectivity index (χ0v) is 12.0. The number of ether oxygens (including phenoxy) is 1. The molecule has 2 rings (SSSR count). The first kappa shape index (κ1) is 14.4. The van der Waals surface area contributed by atoms with Gasteiger partial charge in [0.15, 0.2) is 5.82 Å². The van der Waals surface area contributed by atoms with E-state index in [0.717, 1.165) is 0 Å². The van der Waals surface area contributed by atoms with Crippen LogP contribution in [0, 0.1) is 0 Å². The van der Waals surface area contributed by atoms with Gasteiger partial charge in [0, 0.05) is 31.4 Å². The molecule has 0 aliphatic carbocycles. The summed E-state index contributed by atoms with van der Waals surface area (Å²) in [5.74, 6) is 0.821. The molecule has 0 aliphatic heterocycles. The fourth-order valence-electron chi connectivity index (χ4n) is 1.75. The first-order chi connectivity index (χ1) is 9.46. The smallest absolute Gasteiger partial charge is 0.263 e. The number of hydrogen-bond acceptors (Lipinski definition) is 5. The molecule has 108 valence electrons. The molecule has 0 radical (unpaired) electrons. The fourth-order valence-corrected chi connectivity index (χ4v) is 2.79. The quantitative estimate of drug-likeness (QED) is 0.845. The third kappa shape index (κ3) is 2.91. The van der Waals surface area contributed by atoms with Crippen molar-refractivity contribution in [3.05, 3.63) is 36.0 Å². The number of benzene rings is 1. The van der Waals surface area contributed by atoms with Gasteiger partial charge in [0.1, 0.15) is 5.75 Å². The summed E-state index contributed by atoms with van der Waals surface area (Å²) < 4.78 is 33.5. The molecule has 0 atom stereocenters. The van der Waals surface area contributed by atoms with Crippen molar-refractivity contribution in [3.8, 4) is 5.75 Å². The van der Waals surface area contributed by atoms with Gasteiger partial charge < -0.3 is 10.5 Å². The van der Waals surface area contributed by atoms with Crippen LogP contribution in [0.5, 0.6) is 5.75 Å². The van der Waals surface area contributed by atoms with Crippen LogP contribution in [0.1, 0.15) is 5.56 Å². The van der Waals surface area contributed by atoms with Crippen molar-refractivity contribution in [1.29, 1.82) is 0 Å². The molecule has 1 aromatic heterocycles. The number of nitrogens with two attached hydrogens (primary N) is 1. The van der Waals surface area contributed by atoms with Gasteiger partial charge in [-0.2, -0.15) is 5.10 Å². The Morgan fingerprint density at radius 1 is 1.40 bits per heavy atom. The third-order valence-corrected chi connectivity index (χ3v) is 4.09. The molecular formula is C12H16N4O3S. The first-order valence-electron chi connectivity index (χ1n) is 5.85. The number of nitrogens with zero attached hydrogens (tertiary/aromatic N) is 2. The Morgan fingerprint density at radius 3 is 2.70 bits per heavy atom. The van der Waals surface area contributed by atoms with Crippen molar-refractivity contribution in [2.45, 2.75) is 11.4 Å². The van der Waals surface area contributed by atoms with Gasteiger partial charge in [0.25, 0.3) is 10.0 Å². The third-order valence-electron chi connectivity index (χ3n) is 2.73. The van der Waals surface area contributed by atoms with Crippen LogP contribution in [-0.4, -0.2) is 25.3 Å². The molecule has 0 unspecified atom stereocenters. The van der Waals surface area contributed by atoms with E-state index in [0.29, 0.717) is 11.3 Å². The van der Waals surface area contributed by atoms with Gasteiger partial charge in [-0.05, 0) is 18.2 Å². The van der Waals surface area contributed by atoms with Crippen LogP contribution in [0.25, 0.3) is 0 Å². The first-order valence-corrected chi connectivity index (χ1v) is 7.34. The number of aryl methyl sites for hydroxylation is 1. The van der Waals surface area contributed by atoms with Gasteiger partial charge in [-0.15, -0.1) is 0 Å². The van der Waals surface area contributed by atoms with Crippen molar-refractivity contribution >= 4 is 15.8 Å². The van der Waals surface area contributed by atoms with E-state index < -0.39 is 10.0 Å². The lowest BCUT2D eigenvalue weighted by atomic mass is 10.2. The van der Waals surface area contributed by atoms with Crippen molar-refractivity contribution in [1.82, 2.24) is 9.78 Å². The zero-order chi connectivity index (χ0) is 14.8. The number of anilines is 1. The Morgan fingerprint density at radius 2 is 2.15 bits per heavy atom. The number of rotatable bonds is 5. The van der Waals surface area contributed by atoms with E-state index in [1.807, 2.05) is 0 Å². The summed E-state index contributed by atoms with van der Waals surface area (Å²) in [6.45, 7) is 0.191. The minimum absolute atomic E-state index is 0.115. The molecule has 0 fully saturated rings. The Hall–Kier alpha value is -2.06. The highest BCUT2D eigenvalue weighted by atomic mass is 32.2. The minimum Gasteiger partial charge on any atom is -0.496 e. The van der Waals surface area contributed by atoms with E-state index in [4.69, 9.17) is 10.5 Å². The van der Waals surface area contributed by atoms with E-state index >= 15 is 0 Å². The molecule has 0 bridgehead atoms. The van der Waals surface area contributed by atoms with Gasteiger partial charge >= 0.3 is 0 Å². The molecule has 0 amide bonds. The lowest BCUT2D eigenvalue weighted by Gasteiger charge is -2.10. The molecular weight excluding hydrogens is 280 g/mol. The summed E-state index contributed by atoms with van der Waals surface area (Å²) in [5, 5.41) is 3.97. The summed E-state index contributed by atoms with van der Waals surface area (Å²) in [6.07, 6.45) is 1.65. The van der Waals surface area contributed by atoms with Gasteiger partial charge in [0.05, 0.1) is 12.0 Å². The second kappa shape index (κ2) is 5.51. The predicted octanol–water partition coefficient (Wildman–Crippen LogP) is 0.688. The number of nitrogens with one attached hydrogen (secondary N) is 1. The molecule has 1 aromatic carbocycles. The van der Waals surface area contributed by atoms with Crippen LogP contribution in [0.15, 0.2) is 35.4 Å². The van der Waals surface area contributed by atoms with Crippen LogP contribution in [0.2, 0.25) is 0 Å². The average molecular weight is 296 g/mol. The van der Waals surface area contributed by atoms with Crippen molar-refractivity contribution in [2.75, 3.05) is 11.8 Å². The van der Waals surface area contributed by atoms with Crippen molar-refractivity contribution in [3.63, 3.8) is 0 Å². The van der Waals surface area contributed by atoms with Gasteiger partial charge in [0.2, 0.25) is 0 Å². The van der Waals surface area contributed by atoms with Gasteiger partial charge in [-0.1, -0.05) is 0 Å². The zero-order valence-electron chi connectivity index (χ0n) is 11.2. The van der Waals surface area contributed by atoms with E-state index in [1.165, 1.54) is 23.9 Å². The second-order valence-corrected chi connectivity index (χ2v) is 5.84. The predicted molar refractivity (Wildman–Crippen MR) is 74.9 cm³/mol. The molecule has 2 aromatic rings. The van der Waals surface area contributed by atoms with E-state index in [1.54, 1.807) is 25.4 Å². The molecule has 8 heteroatoms. The number of aromatic nitrogens is 2. The van der Waals surface area contributed by atoms with E-state index in [2.05, 4.69) is 9.82 Å². The standard InChI is InChI=1S/C12H16N4O3S/c1-16-6-5-12(14-16)15-20(17,18)10-3-4-11(19-2)9(7-10)8-13/h3-7H,8,13H2,1-2H3,(H,14,15). The fraction of sp³-hybridized carbons (Fsp3) is 0.250. The van der Waals surface area contributed by atoms with Crippen LogP contribution < -0.4 is 15.2 Å². The lowest BCUT2D eigenvalue weighted by molar-refractivity contribution is 0.409. The van der Waals surface area contributed by atoms with Crippen LogP contribution in [0.4, 0.5) is 5.82 Å². The highest BCUT2D eigenvalue weighted by Gasteiger charge is 2.17. The van der Waals surface area contributed by atoms with E-state index in [9.17, 15) is 8.42 Å². The van der Waals surface area contributed by atoms with Crippen molar-refractivity contribution < 1.29 is 13.2 Å². The maximum Gasteiger partial charge on any atom is 0.263 e. The summed E-state index contributed by atoms with van der Waals surface area (Å²) in [7, 11) is -0.480. The molecule has 20 heavy (non-hydrogen) atoms. The number of hydrogen-bond donors (Lipinski definition) is 2. The Balaban J connectivity index is 2.34. The van der Waals surface area contributed by atoms with Crippen LogP contribution in [-0.2, 0) is 23.6 Å². The van der Waals surface area contributed by atoms with Crippen LogP contribution >= 0.6 is 0 Å². The number of methoxy groups -OCH3 is 1. The monoisotopic (exact) mass is 296 g/mol. The average Bonchev–Trinajstić information content (AvgIpc) is 2.82. The molecule has 0 aliphatic rings. The van der Waals surface area contributed by atoms with Gasteiger partial charge in [-0.3, -0.25) is 9.40 Å². The molecule has 0 spiro atoms. The summed E-state index contributed by atoms with van der Waals surface area (Å²) in [4.78, 5) is 0.115. The summed E-state index contributed by atoms with van der Waals surface area (Å²) in [5.41, 5.74) is 6.21. The minimum atomic E-state index is -3.69. The Labute approximate surface area is 117 Å². The molecule has 7 nitrogen and oxygen atoms in total.